The van der Waals surface area contributed by atoms with Crippen LogP contribution in [0.5, 0.6) is 0 Å². The number of halogens is 2. The first kappa shape index (κ1) is 7.78. The molecule has 0 aliphatic rings. The highest BCUT2D eigenvalue weighted by Gasteiger charge is 1.98. The molecule has 0 N–H and O–H groups in total. The third-order valence-corrected chi connectivity index (χ3v) is 2.90. The minimum Gasteiger partial charge on any atom is -0.239 e. The lowest BCUT2D eigenvalue weighted by Gasteiger charge is -1.92. The van der Waals surface area contributed by atoms with E-state index >= 15 is 0 Å². The molecule has 56 valence electrons. The zero-order valence-corrected chi connectivity index (χ0v) is 9.77. The van der Waals surface area contributed by atoms with Crippen molar-refractivity contribution in [2.75, 3.05) is 0 Å². The molecule has 2 nitrogen and oxygen atoms in total. The third kappa shape index (κ3) is 1.37. The molecule has 0 aliphatic carbocycles. The SMILES string of the molecule is Ic1ccc2c(I)cnn2c1. The standard InChI is InChI=1S/C7H4I2N2/c8-5-1-2-7-6(9)3-10-11(7)4-5/h1-4H. The van der Waals surface area contributed by atoms with E-state index in [0.29, 0.717) is 0 Å². The van der Waals surface area contributed by atoms with Gasteiger partial charge in [0.1, 0.15) is 0 Å². The van der Waals surface area contributed by atoms with Crippen molar-refractivity contribution in [3.8, 4) is 0 Å². The van der Waals surface area contributed by atoms with Crippen molar-refractivity contribution in [1.29, 1.82) is 0 Å². The summed E-state index contributed by atoms with van der Waals surface area (Å²) in [6.07, 6.45) is 3.88. The smallest absolute Gasteiger partial charge is 0.0796 e. The second-order valence-corrected chi connectivity index (χ2v) is 4.58. The van der Waals surface area contributed by atoms with E-state index in [2.05, 4.69) is 62.4 Å². The fraction of sp³-hybridized carbons (Fsp3) is 0. The summed E-state index contributed by atoms with van der Waals surface area (Å²) in [7, 11) is 0. The van der Waals surface area contributed by atoms with Crippen LogP contribution in [0.3, 0.4) is 0 Å². The van der Waals surface area contributed by atoms with E-state index in [4.69, 9.17) is 0 Å². The predicted molar refractivity (Wildman–Crippen MR) is 60.6 cm³/mol. The average molecular weight is 370 g/mol. The highest BCUT2D eigenvalue weighted by molar-refractivity contribution is 14.1. The van der Waals surface area contributed by atoms with Gasteiger partial charge in [-0.15, -0.1) is 0 Å². The van der Waals surface area contributed by atoms with Gasteiger partial charge in [0.25, 0.3) is 0 Å². The van der Waals surface area contributed by atoms with Gasteiger partial charge in [-0.05, 0) is 57.3 Å². The zero-order chi connectivity index (χ0) is 7.84. The average Bonchev–Trinajstić information content (AvgIpc) is 2.32. The number of hydrogen-bond donors (Lipinski definition) is 0. The molecule has 0 unspecified atom stereocenters. The highest BCUT2D eigenvalue weighted by Crippen LogP contribution is 2.14. The lowest BCUT2D eigenvalue weighted by atomic mass is 10.4. The molecule has 0 saturated carbocycles. The first-order valence-electron chi connectivity index (χ1n) is 3.06. The van der Waals surface area contributed by atoms with Crippen molar-refractivity contribution < 1.29 is 0 Å². The summed E-state index contributed by atoms with van der Waals surface area (Å²) in [4.78, 5) is 0. The molecule has 0 radical (unpaired) electrons. The van der Waals surface area contributed by atoms with Gasteiger partial charge in [0, 0.05) is 9.77 Å². The molecule has 0 saturated heterocycles. The van der Waals surface area contributed by atoms with Crippen LogP contribution in [-0.4, -0.2) is 9.61 Å². The van der Waals surface area contributed by atoms with Crippen LogP contribution in [0.15, 0.2) is 24.5 Å². The van der Waals surface area contributed by atoms with Gasteiger partial charge >= 0.3 is 0 Å². The predicted octanol–water partition coefficient (Wildman–Crippen LogP) is 2.54. The van der Waals surface area contributed by atoms with Gasteiger partial charge in [0.05, 0.1) is 15.3 Å². The van der Waals surface area contributed by atoms with Crippen LogP contribution in [-0.2, 0) is 0 Å². The fourth-order valence-electron chi connectivity index (χ4n) is 0.928. The van der Waals surface area contributed by atoms with Gasteiger partial charge in [0.2, 0.25) is 0 Å². The Morgan fingerprint density at radius 1 is 1.27 bits per heavy atom. The van der Waals surface area contributed by atoms with Crippen LogP contribution in [0.1, 0.15) is 0 Å². The lowest BCUT2D eigenvalue weighted by Crippen LogP contribution is -1.86. The number of hydrogen-bond acceptors (Lipinski definition) is 1. The van der Waals surface area contributed by atoms with Crippen LogP contribution >= 0.6 is 45.2 Å². The fourth-order valence-corrected chi connectivity index (χ4v) is 1.92. The van der Waals surface area contributed by atoms with Gasteiger partial charge < -0.3 is 0 Å². The quantitative estimate of drug-likeness (QED) is 0.652. The first-order chi connectivity index (χ1) is 5.27. The van der Waals surface area contributed by atoms with E-state index in [-0.39, 0.29) is 0 Å². The topological polar surface area (TPSA) is 17.3 Å². The molecule has 0 spiro atoms. The van der Waals surface area contributed by atoms with E-state index in [1.54, 1.807) is 0 Å². The lowest BCUT2D eigenvalue weighted by molar-refractivity contribution is 0.956. The largest absolute Gasteiger partial charge is 0.239 e. The molecule has 0 atom stereocenters. The molecule has 0 aliphatic heterocycles. The Hall–Kier alpha value is 0.150. The van der Waals surface area contributed by atoms with Gasteiger partial charge in [0.15, 0.2) is 0 Å². The van der Waals surface area contributed by atoms with Crippen LogP contribution in [0.4, 0.5) is 0 Å². The summed E-state index contributed by atoms with van der Waals surface area (Å²) in [5.74, 6) is 0. The van der Waals surface area contributed by atoms with E-state index in [1.807, 2.05) is 16.9 Å². The Balaban J connectivity index is 2.86. The first-order valence-corrected chi connectivity index (χ1v) is 5.21. The molecule has 2 heterocycles. The van der Waals surface area contributed by atoms with Gasteiger partial charge in [-0.1, -0.05) is 0 Å². The summed E-state index contributed by atoms with van der Waals surface area (Å²) >= 11 is 4.55. The molecule has 2 aromatic heterocycles. The van der Waals surface area contributed by atoms with Gasteiger partial charge in [-0.25, -0.2) is 4.52 Å². The van der Waals surface area contributed by atoms with Crippen molar-refractivity contribution >= 4 is 50.7 Å². The summed E-state index contributed by atoms with van der Waals surface area (Å²) in [6, 6.07) is 4.16. The maximum atomic E-state index is 4.18. The van der Waals surface area contributed by atoms with Gasteiger partial charge in [-0.2, -0.15) is 5.10 Å². The molecule has 0 bridgehead atoms. The molecule has 0 aromatic carbocycles. The number of rotatable bonds is 0. The maximum absolute atomic E-state index is 4.18. The van der Waals surface area contributed by atoms with Crippen molar-refractivity contribution in [2.24, 2.45) is 0 Å². The van der Waals surface area contributed by atoms with Crippen molar-refractivity contribution in [3.05, 3.63) is 31.7 Å². The molecule has 0 fully saturated rings. The third-order valence-electron chi connectivity index (χ3n) is 1.43. The number of aromatic nitrogens is 2. The van der Waals surface area contributed by atoms with E-state index in [0.717, 1.165) is 0 Å². The van der Waals surface area contributed by atoms with Gasteiger partial charge in [-0.3, -0.25) is 0 Å². The molecule has 2 aromatic rings. The molecule has 2 rings (SSSR count). The minimum atomic E-state index is 1.17. The molecule has 4 heteroatoms. The Labute approximate surface area is 91.3 Å². The van der Waals surface area contributed by atoms with Crippen molar-refractivity contribution in [2.45, 2.75) is 0 Å². The Bertz CT molecular complexity index is 394. The van der Waals surface area contributed by atoms with E-state index in [9.17, 15) is 0 Å². The van der Waals surface area contributed by atoms with Crippen LogP contribution in [0.25, 0.3) is 5.52 Å². The Kier molecular flexibility index (Phi) is 2.04. The van der Waals surface area contributed by atoms with Crippen LogP contribution < -0.4 is 0 Å². The van der Waals surface area contributed by atoms with E-state index < -0.39 is 0 Å². The normalized spacial score (nSPS) is 10.7. The summed E-state index contributed by atoms with van der Waals surface area (Å²) in [6.45, 7) is 0. The molecular weight excluding hydrogens is 366 g/mol. The maximum Gasteiger partial charge on any atom is 0.0796 e. The second kappa shape index (κ2) is 2.89. The number of fused-ring (bicyclic) bond motifs is 1. The second-order valence-electron chi connectivity index (χ2n) is 2.17. The zero-order valence-electron chi connectivity index (χ0n) is 5.46. The minimum absolute atomic E-state index is 1.17. The Morgan fingerprint density at radius 3 is 2.91 bits per heavy atom. The van der Waals surface area contributed by atoms with Crippen LogP contribution in [0.2, 0.25) is 0 Å². The summed E-state index contributed by atoms with van der Waals surface area (Å²) in [5.41, 5.74) is 1.17. The van der Waals surface area contributed by atoms with Crippen molar-refractivity contribution in [3.63, 3.8) is 0 Å². The number of pyridine rings is 1. The highest BCUT2D eigenvalue weighted by atomic mass is 127. The molecule has 11 heavy (non-hydrogen) atoms. The van der Waals surface area contributed by atoms with E-state index in [1.165, 1.54) is 12.7 Å². The summed E-state index contributed by atoms with van der Waals surface area (Å²) in [5, 5.41) is 4.18. The molecule has 0 amide bonds. The number of nitrogens with zero attached hydrogens (tertiary/aromatic N) is 2. The van der Waals surface area contributed by atoms with Crippen molar-refractivity contribution in [1.82, 2.24) is 9.61 Å². The Morgan fingerprint density at radius 2 is 2.09 bits per heavy atom. The summed E-state index contributed by atoms with van der Waals surface area (Å²) < 4.78 is 4.29. The monoisotopic (exact) mass is 370 g/mol. The molecular formula is C7H4I2N2. The van der Waals surface area contributed by atoms with Crippen LogP contribution in [0, 0.1) is 7.14 Å².